The lowest BCUT2D eigenvalue weighted by Gasteiger charge is -2.24. The van der Waals surface area contributed by atoms with Crippen LogP contribution in [-0.4, -0.2) is 28.4 Å². The van der Waals surface area contributed by atoms with Crippen LogP contribution >= 0.6 is 0 Å². The highest BCUT2D eigenvalue weighted by Crippen LogP contribution is 2.19. The number of hydrogen-bond donors (Lipinski definition) is 3. The molecule has 0 bridgehead atoms. The van der Waals surface area contributed by atoms with E-state index in [1.54, 1.807) is 49.4 Å². The molecule has 0 heterocycles. The summed E-state index contributed by atoms with van der Waals surface area (Å²) < 4.78 is 0. The molecule has 6 nitrogen and oxygen atoms in total. The smallest absolute Gasteiger partial charge is 0.329 e. The van der Waals surface area contributed by atoms with E-state index < -0.39 is 17.4 Å². The third-order valence-electron chi connectivity index (χ3n) is 4.35. The van der Waals surface area contributed by atoms with Crippen LogP contribution in [-0.2, 0) is 4.79 Å². The van der Waals surface area contributed by atoms with Crippen molar-refractivity contribution in [3.05, 3.63) is 65.2 Å². The van der Waals surface area contributed by atoms with Crippen LogP contribution in [0.5, 0.6) is 0 Å². The average Bonchev–Trinajstić information content (AvgIpc) is 2.63. The van der Waals surface area contributed by atoms with Gasteiger partial charge in [0.1, 0.15) is 5.54 Å². The number of carboxylic acid groups (broad SMARTS) is 1. The number of benzene rings is 2. The Hall–Kier alpha value is -3.15. The summed E-state index contributed by atoms with van der Waals surface area (Å²) in [4.78, 5) is 36.1. The van der Waals surface area contributed by atoms with Crippen LogP contribution < -0.4 is 10.6 Å². The molecule has 2 rings (SSSR count). The van der Waals surface area contributed by atoms with Gasteiger partial charge in [0.2, 0.25) is 0 Å². The molecule has 0 saturated heterocycles. The van der Waals surface area contributed by atoms with Crippen molar-refractivity contribution in [1.29, 1.82) is 0 Å². The van der Waals surface area contributed by atoms with E-state index in [-0.39, 0.29) is 17.9 Å². The third kappa shape index (κ3) is 4.27. The second-order valence-corrected chi connectivity index (χ2v) is 6.29. The number of carbonyl (C=O) groups is 3. The number of aryl methyl sites for hydroxylation is 1. The van der Waals surface area contributed by atoms with Gasteiger partial charge in [-0.2, -0.15) is 0 Å². The van der Waals surface area contributed by atoms with Crippen molar-refractivity contribution in [2.75, 3.05) is 5.32 Å². The van der Waals surface area contributed by atoms with Crippen LogP contribution in [0, 0.1) is 6.92 Å². The fourth-order valence-electron chi connectivity index (χ4n) is 2.30. The number of rotatable bonds is 6. The number of aliphatic carboxylic acids is 1. The predicted molar refractivity (Wildman–Crippen MR) is 99.4 cm³/mol. The maximum absolute atomic E-state index is 12.5. The zero-order valence-corrected chi connectivity index (χ0v) is 15.0. The van der Waals surface area contributed by atoms with E-state index in [9.17, 15) is 19.5 Å². The Kier molecular flexibility index (Phi) is 5.77. The largest absolute Gasteiger partial charge is 0.480 e. The molecule has 2 amide bonds. The summed E-state index contributed by atoms with van der Waals surface area (Å²) in [6.07, 6.45) is 0.248. The lowest BCUT2D eigenvalue weighted by Crippen LogP contribution is -2.51. The van der Waals surface area contributed by atoms with Gasteiger partial charge in [-0.15, -0.1) is 0 Å². The minimum absolute atomic E-state index is 0.248. The molecule has 0 fully saturated rings. The van der Waals surface area contributed by atoms with Gasteiger partial charge in [0.15, 0.2) is 0 Å². The second kappa shape index (κ2) is 7.82. The van der Waals surface area contributed by atoms with Gasteiger partial charge in [0, 0.05) is 16.8 Å². The molecule has 6 heteroatoms. The number of amides is 2. The lowest BCUT2D eigenvalue weighted by molar-refractivity contribution is -0.143. The molecule has 0 saturated carbocycles. The number of anilines is 1. The van der Waals surface area contributed by atoms with Crippen molar-refractivity contribution in [1.82, 2.24) is 5.32 Å². The van der Waals surface area contributed by atoms with Gasteiger partial charge in [-0.05, 0) is 50.1 Å². The highest BCUT2D eigenvalue weighted by atomic mass is 16.4. The van der Waals surface area contributed by atoms with Crippen LogP contribution in [0.2, 0.25) is 0 Å². The Balaban J connectivity index is 2.22. The van der Waals surface area contributed by atoms with E-state index in [1.165, 1.54) is 6.92 Å². The van der Waals surface area contributed by atoms with Gasteiger partial charge in [0.05, 0.1) is 0 Å². The SMILES string of the molecule is CCC(C)(NC(=O)c1ccc(C)c(NC(=O)c2ccccc2)c1)C(=O)O. The van der Waals surface area contributed by atoms with Crippen molar-refractivity contribution in [3.8, 4) is 0 Å². The fourth-order valence-corrected chi connectivity index (χ4v) is 2.30. The predicted octanol–water partition coefficient (Wildman–Crippen LogP) is 3.23. The number of hydrogen-bond acceptors (Lipinski definition) is 3. The molecule has 2 aromatic rings. The maximum atomic E-state index is 12.5. The minimum Gasteiger partial charge on any atom is -0.480 e. The number of carboxylic acids is 1. The first-order chi connectivity index (χ1) is 12.3. The van der Waals surface area contributed by atoms with E-state index in [0.717, 1.165) is 5.56 Å². The summed E-state index contributed by atoms with van der Waals surface area (Å²) in [6, 6.07) is 13.6. The zero-order valence-electron chi connectivity index (χ0n) is 15.0. The average molecular weight is 354 g/mol. The summed E-state index contributed by atoms with van der Waals surface area (Å²) in [5, 5.41) is 14.6. The number of carbonyl (C=O) groups excluding carboxylic acids is 2. The van der Waals surface area contributed by atoms with Crippen molar-refractivity contribution in [2.24, 2.45) is 0 Å². The second-order valence-electron chi connectivity index (χ2n) is 6.29. The standard InChI is InChI=1S/C20H22N2O4/c1-4-20(3,19(25)26)22-18(24)15-11-10-13(2)16(12-15)21-17(23)14-8-6-5-7-9-14/h5-12H,4H2,1-3H3,(H,21,23)(H,22,24)(H,25,26). The van der Waals surface area contributed by atoms with Crippen LogP contribution in [0.3, 0.4) is 0 Å². The van der Waals surface area contributed by atoms with Gasteiger partial charge < -0.3 is 15.7 Å². The summed E-state index contributed by atoms with van der Waals surface area (Å²) in [5.41, 5.74) is 0.725. The molecule has 0 aliphatic rings. The van der Waals surface area contributed by atoms with Crippen molar-refractivity contribution >= 4 is 23.5 Å². The molecular weight excluding hydrogens is 332 g/mol. The molecular formula is C20H22N2O4. The molecule has 0 aliphatic carbocycles. The maximum Gasteiger partial charge on any atom is 0.329 e. The first kappa shape index (κ1) is 19.2. The van der Waals surface area contributed by atoms with Gasteiger partial charge in [-0.3, -0.25) is 9.59 Å². The minimum atomic E-state index is -1.35. The lowest BCUT2D eigenvalue weighted by atomic mass is 9.98. The van der Waals surface area contributed by atoms with Gasteiger partial charge in [-0.25, -0.2) is 4.79 Å². The van der Waals surface area contributed by atoms with Gasteiger partial charge in [-0.1, -0.05) is 31.2 Å². The molecule has 3 N–H and O–H groups in total. The first-order valence-electron chi connectivity index (χ1n) is 8.30. The third-order valence-corrected chi connectivity index (χ3v) is 4.35. The molecule has 1 atom stereocenters. The van der Waals surface area contributed by atoms with E-state index in [0.29, 0.717) is 11.3 Å². The summed E-state index contributed by atoms with van der Waals surface area (Å²) >= 11 is 0. The fraction of sp³-hybridized carbons (Fsp3) is 0.250. The highest BCUT2D eigenvalue weighted by Gasteiger charge is 2.33. The van der Waals surface area contributed by atoms with E-state index in [1.807, 2.05) is 13.0 Å². The molecule has 0 aliphatic heterocycles. The Morgan fingerprint density at radius 1 is 1.00 bits per heavy atom. The normalized spacial score (nSPS) is 12.7. The number of nitrogens with one attached hydrogen (secondary N) is 2. The molecule has 0 radical (unpaired) electrons. The van der Waals surface area contributed by atoms with Gasteiger partial charge >= 0.3 is 5.97 Å². The van der Waals surface area contributed by atoms with Crippen LogP contribution in [0.1, 0.15) is 46.5 Å². The molecule has 2 aromatic carbocycles. The van der Waals surface area contributed by atoms with Gasteiger partial charge in [0.25, 0.3) is 11.8 Å². The summed E-state index contributed by atoms with van der Waals surface area (Å²) in [7, 11) is 0. The zero-order chi connectivity index (χ0) is 19.3. The molecule has 26 heavy (non-hydrogen) atoms. The van der Waals surface area contributed by atoms with Crippen molar-refractivity contribution < 1.29 is 19.5 Å². The van der Waals surface area contributed by atoms with Crippen LogP contribution in [0.4, 0.5) is 5.69 Å². The van der Waals surface area contributed by atoms with E-state index in [4.69, 9.17) is 0 Å². The highest BCUT2D eigenvalue weighted by molar-refractivity contribution is 6.05. The summed E-state index contributed by atoms with van der Waals surface area (Å²) in [6.45, 7) is 4.96. The quantitative estimate of drug-likeness (QED) is 0.742. The molecule has 0 aromatic heterocycles. The topological polar surface area (TPSA) is 95.5 Å². The Bertz CT molecular complexity index is 833. The monoisotopic (exact) mass is 354 g/mol. The van der Waals surface area contributed by atoms with Crippen molar-refractivity contribution in [2.45, 2.75) is 32.7 Å². The Morgan fingerprint density at radius 2 is 1.65 bits per heavy atom. The Labute approximate surface area is 152 Å². The van der Waals surface area contributed by atoms with Crippen molar-refractivity contribution in [3.63, 3.8) is 0 Å². The van der Waals surface area contributed by atoms with E-state index >= 15 is 0 Å². The van der Waals surface area contributed by atoms with Crippen LogP contribution in [0.15, 0.2) is 48.5 Å². The molecule has 1 unspecified atom stereocenters. The Morgan fingerprint density at radius 3 is 2.23 bits per heavy atom. The van der Waals surface area contributed by atoms with E-state index in [2.05, 4.69) is 10.6 Å². The summed E-state index contributed by atoms with van der Waals surface area (Å²) in [5.74, 6) is -1.89. The first-order valence-corrected chi connectivity index (χ1v) is 8.30. The molecule has 136 valence electrons. The molecule has 0 spiro atoms. The van der Waals surface area contributed by atoms with Crippen LogP contribution in [0.25, 0.3) is 0 Å².